The molecule has 4 rings (SSSR count). The van der Waals surface area contributed by atoms with Gasteiger partial charge in [-0.3, -0.25) is 19.1 Å². The maximum atomic E-state index is 13.7. The van der Waals surface area contributed by atoms with Gasteiger partial charge in [0.15, 0.2) is 11.9 Å². The van der Waals surface area contributed by atoms with Gasteiger partial charge >= 0.3 is 12.5 Å². The quantitative estimate of drug-likeness (QED) is 0.546. The number of hydrogen-bond acceptors (Lipinski definition) is 5. The summed E-state index contributed by atoms with van der Waals surface area (Å²) in [5, 5.41) is 0. The number of alkyl halides is 2. The van der Waals surface area contributed by atoms with Gasteiger partial charge < -0.3 is 4.74 Å². The normalized spacial score (nSPS) is 23.7. The van der Waals surface area contributed by atoms with Crippen LogP contribution in [-0.2, 0) is 19.1 Å². The van der Waals surface area contributed by atoms with Crippen molar-refractivity contribution in [3.05, 3.63) is 30.1 Å². The highest BCUT2D eigenvalue weighted by Crippen LogP contribution is 2.39. The average Bonchev–Trinajstić information content (AvgIpc) is 3.24. The number of ether oxygens (including phenoxy) is 1. The summed E-state index contributed by atoms with van der Waals surface area (Å²) in [5.74, 6) is -2.36. The van der Waals surface area contributed by atoms with Gasteiger partial charge in [0.05, 0.1) is 22.9 Å². The van der Waals surface area contributed by atoms with E-state index >= 15 is 0 Å². The van der Waals surface area contributed by atoms with Gasteiger partial charge in [0, 0.05) is 0 Å². The Morgan fingerprint density at radius 2 is 1.70 bits per heavy atom. The van der Waals surface area contributed by atoms with Gasteiger partial charge in [-0.25, -0.2) is 9.78 Å². The summed E-state index contributed by atoms with van der Waals surface area (Å²) in [5.41, 5.74) is 0.588. The monoisotopic (exact) mass is 419 g/mol. The predicted molar refractivity (Wildman–Crippen MR) is 102 cm³/mol. The number of rotatable bonds is 5. The van der Waals surface area contributed by atoms with Crippen LogP contribution in [0.2, 0.25) is 0 Å². The first-order valence-electron chi connectivity index (χ1n) is 10.1. The third-order valence-electron chi connectivity index (χ3n) is 6.08. The number of carbonyl (C=O) groups excluding carboxylic acids is 3. The standard InChI is InChI=1S/C21H23F2N3O4/c1-11(25-18(27)13-7-3-4-8-14(13)19(25)28)20(29)30-12(2)17-24-15-9-5-6-10-16(15)26(17)21(22)23/h5-6,9-14,21H,3-4,7-8H2,1-2H3/t11-,12?,13?,14?/m0/s1. The van der Waals surface area contributed by atoms with Gasteiger partial charge in [0.1, 0.15) is 6.04 Å². The number of carbonyl (C=O) groups is 3. The number of benzene rings is 1. The lowest BCUT2D eigenvalue weighted by molar-refractivity contribution is -0.162. The Labute approximate surface area is 172 Å². The first-order chi connectivity index (χ1) is 14.3. The highest BCUT2D eigenvalue weighted by Gasteiger charge is 2.51. The third-order valence-corrected chi connectivity index (χ3v) is 6.08. The van der Waals surface area contributed by atoms with Crippen molar-refractivity contribution in [3.63, 3.8) is 0 Å². The van der Waals surface area contributed by atoms with Crippen LogP contribution in [0.1, 0.15) is 58.0 Å². The van der Waals surface area contributed by atoms with Crippen LogP contribution in [0.4, 0.5) is 8.78 Å². The fourth-order valence-electron chi connectivity index (χ4n) is 4.56. The number of esters is 1. The minimum atomic E-state index is -2.86. The van der Waals surface area contributed by atoms with Crippen LogP contribution < -0.4 is 0 Å². The second kappa shape index (κ2) is 7.77. The maximum absolute atomic E-state index is 13.7. The average molecular weight is 419 g/mol. The molecular weight excluding hydrogens is 396 g/mol. The highest BCUT2D eigenvalue weighted by atomic mass is 19.3. The van der Waals surface area contributed by atoms with E-state index in [9.17, 15) is 23.2 Å². The molecular formula is C21H23F2N3O4. The van der Waals surface area contributed by atoms with Gasteiger partial charge in [0.2, 0.25) is 11.8 Å². The highest BCUT2D eigenvalue weighted by molar-refractivity contribution is 6.07. The van der Waals surface area contributed by atoms with E-state index in [1.54, 1.807) is 18.2 Å². The van der Waals surface area contributed by atoms with E-state index in [0.29, 0.717) is 18.4 Å². The molecule has 2 amide bonds. The summed E-state index contributed by atoms with van der Waals surface area (Å²) in [6.45, 7) is 0.00645. The lowest BCUT2D eigenvalue weighted by atomic mass is 9.81. The maximum Gasteiger partial charge on any atom is 0.329 e. The molecule has 0 spiro atoms. The molecule has 1 aromatic heterocycles. The summed E-state index contributed by atoms with van der Waals surface area (Å²) in [6, 6.07) is 5.28. The van der Waals surface area contributed by atoms with E-state index in [0.717, 1.165) is 22.3 Å². The number of aromatic nitrogens is 2. The molecule has 2 heterocycles. The second-order valence-electron chi connectivity index (χ2n) is 7.91. The van der Waals surface area contributed by atoms with Gasteiger partial charge in [0.25, 0.3) is 0 Å². The number of amides is 2. The van der Waals surface area contributed by atoms with E-state index in [2.05, 4.69) is 4.98 Å². The van der Waals surface area contributed by atoms with E-state index in [1.807, 2.05) is 0 Å². The fourth-order valence-corrected chi connectivity index (χ4v) is 4.56. The minimum absolute atomic E-state index is 0.0977. The second-order valence-corrected chi connectivity index (χ2v) is 7.91. The van der Waals surface area contributed by atoms with Crippen molar-refractivity contribution < 1.29 is 27.9 Å². The molecule has 1 aromatic carbocycles. The largest absolute Gasteiger partial charge is 0.453 e. The molecule has 30 heavy (non-hydrogen) atoms. The molecule has 160 valence electrons. The van der Waals surface area contributed by atoms with Crippen LogP contribution >= 0.6 is 0 Å². The molecule has 2 aromatic rings. The van der Waals surface area contributed by atoms with Gasteiger partial charge in [-0.05, 0) is 38.8 Å². The number of fused-ring (bicyclic) bond motifs is 2. The molecule has 9 heteroatoms. The van der Waals surface area contributed by atoms with Crippen LogP contribution in [0.3, 0.4) is 0 Å². The Bertz CT molecular complexity index is 981. The van der Waals surface area contributed by atoms with Crippen molar-refractivity contribution in [2.75, 3.05) is 0 Å². The molecule has 1 aliphatic heterocycles. The summed E-state index contributed by atoms with van der Waals surface area (Å²) in [6.07, 6.45) is 1.96. The summed E-state index contributed by atoms with van der Waals surface area (Å²) < 4.78 is 33.4. The topological polar surface area (TPSA) is 81.5 Å². The zero-order valence-corrected chi connectivity index (χ0v) is 16.8. The van der Waals surface area contributed by atoms with Crippen LogP contribution in [0, 0.1) is 11.8 Å². The Hall–Kier alpha value is -2.84. The molecule has 0 N–H and O–H groups in total. The molecule has 0 bridgehead atoms. The Morgan fingerprint density at radius 3 is 2.30 bits per heavy atom. The lowest BCUT2D eigenvalue weighted by Crippen LogP contribution is -2.44. The SMILES string of the molecule is CC(OC(=O)[C@H](C)N1C(=O)C2CCCCC2C1=O)c1nc2ccccc2n1C(F)F. The third kappa shape index (κ3) is 3.26. The van der Waals surface area contributed by atoms with E-state index in [4.69, 9.17) is 4.74 Å². The van der Waals surface area contributed by atoms with Crippen molar-refractivity contribution in [2.24, 2.45) is 11.8 Å². The van der Waals surface area contributed by atoms with Crippen molar-refractivity contribution in [1.29, 1.82) is 0 Å². The molecule has 1 saturated carbocycles. The Morgan fingerprint density at radius 1 is 1.10 bits per heavy atom. The molecule has 2 fully saturated rings. The van der Waals surface area contributed by atoms with E-state index in [1.165, 1.54) is 19.9 Å². The zero-order valence-electron chi connectivity index (χ0n) is 16.8. The summed E-state index contributed by atoms with van der Waals surface area (Å²) in [7, 11) is 0. The number of likely N-dealkylation sites (tertiary alicyclic amines) is 1. The number of imidazole rings is 1. The molecule has 1 aliphatic carbocycles. The van der Waals surface area contributed by atoms with Crippen LogP contribution in [-0.4, -0.2) is 38.3 Å². The van der Waals surface area contributed by atoms with E-state index < -0.39 is 24.7 Å². The van der Waals surface area contributed by atoms with Crippen molar-refractivity contribution in [3.8, 4) is 0 Å². The number of nitrogens with zero attached hydrogens (tertiary/aromatic N) is 3. The Kier molecular flexibility index (Phi) is 5.29. The minimum Gasteiger partial charge on any atom is -0.453 e. The van der Waals surface area contributed by atoms with Gasteiger partial charge in [-0.2, -0.15) is 8.78 Å². The first-order valence-corrected chi connectivity index (χ1v) is 10.1. The van der Waals surface area contributed by atoms with Crippen molar-refractivity contribution in [2.45, 2.75) is 58.2 Å². The molecule has 1 saturated heterocycles. The number of imide groups is 1. The number of para-hydroxylation sites is 2. The fraction of sp³-hybridized carbons (Fsp3) is 0.524. The molecule has 2 aliphatic rings. The number of hydrogen-bond donors (Lipinski definition) is 0. The smallest absolute Gasteiger partial charge is 0.329 e. The summed E-state index contributed by atoms with van der Waals surface area (Å²) in [4.78, 5) is 43.3. The van der Waals surface area contributed by atoms with Crippen LogP contribution in [0.15, 0.2) is 24.3 Å². The lowest BCUT2D eigenvalue weighted by Gasteiger charge is -2.23. The Balaban J connectivity index is 1.54. The molecule has 4 atom stereocenters. The molecule has 7 nitrogen and oxygen atoms in total. The van der Waals surface area contributed by atoms with Crippen molar-refractivity contribution in [1.82, 2.24) is 14.5 Å². The van der Waals surface area contributed by atoms with Gasteiger partial charge in [-0.15, -0.1) is 0 Å². The van der Waals surface area contributed by atoms with Crippen molar-refractivity contribution >= 4 is 28.8 Å². The molecule has 3 unspecified atom stereocenters. The van der Waals surface area contributed by atoms with Crippen LogP contribution in [0.5, 0.6) is 0 Å². The predicted octanol–water partition coefficient (Wildman–Crippen LogP) is 3.60. The molecule has 0 radical (unpaired) electrons. The number of halogens is 2. The summed E-state index contributed by atoms with van der Waals surface area (Å²) >= 11 is 0. The van der Waals surface area contributed by atoms with Gasteiger partial charge in [-0.1, -0.05) is 25.0 Å². The van der Waals surface area contributed by atoms with E-state index in [-0.39, 0.29) is 35.0 Å². The van der Waals surface area contributed by atoms with Crippen LogP contribution in [0.25, 0.3) is 11.0 Å². The zero-order chi connectivity index (χ0) is 21.6. The first kappa shape index (κ1) is 20.4.